The van der Waals surface area contributed by atoms with Gasteiger partial charge in [-0.05, 0) is 11.6 Å². The smallest absolute Gasteiger partial charge is 0.305 e. The Morgan fingerprint density at radius 1 is 1.72 bits per heavy atom. The lowest BCUT2D eigenvalue weighted by Gasteiger charge is -2.16. The predicted octanol–water partition coefficient (Wildman–Crippen LogP) is 1.76. The number of ether oxygens (including phenoxy) is 2. The first-order chi connectivity index (χ1) is 8.54. The van der Waals surface area contributed by atoms with Gasteiger partial charge in [-0.15, -0.1) is 0 Å². The average Bonchev–Trinajstić information content (AvgIpc) is 2.78. The van der Waals surface area contributed by atoms with Gasteiger partial charge in [0, 0.05) is 18.0 Å². The van der Waals surface area contributed by atoms with Crippen LogP contribution in [0.15, 0.2) is 6.07 Å². The van der Waals surface area contributed by atoms with E-state index in [0.29, 0.717) is 35.1 Å². The highest BCUT2D eigenvalue weighted by Gasteiger charge is 2.26. The fourth-order valence-electron chi connectivity index (χ4n) is 2.05. The van der Waals surface area contributed by atoms with E-state index in [1.807, 2.05) is 0 Å². The Morgan fingerprint density at radius 2 is 2.44 bits per heavy atom. The van der Waals surface area contributed by atoms with E-state index in [1.54, 1.807) is 6.07 Å². The minimum atomic E-state index is -0.964. The van der Waals surface area contributed by atoms with Gasteiger partial charge in [-0.2, -0.15) is 0 Å². The third-order valence-corrected chi connectivity index (χ3v) is 3.36. The largest absolute Gasteiger partial charge is 0.493 e. The van der Waals surface area contributed by atoms with E-state index >= 15 is 0 Å². The van der Waals surface area contributed by atoms with E-state index in [0.717, 1.165) is 5.56 Å². The second-order valence-electron chi connectivity index (χ2n) is 4.09. The molecule has 2 rings (SSSR count). The molecule has 98 valence electrons. The highest BCUT2D eigenvalue weighted by atomic mass is 35.5. The molecule has 0 aromatic heterocycles. The molecule has 0 amide bonds. The van der Waals surface area contributed by atoms with E-state index < -0.39 is 12.0 Å². The molecule has 0 fully saturated rings. The normalized spacial score (nSPS) is 14.8. The van der Waals surface area contributed by atoms with E-state index in [2.05, 4.69) is 0 Å². The number of carbonyl (C=O) groups is 1. The summed E-state index contributed by atoms with van der Waals surface area (Å²) in [4.78, 5) is 10.7. The molecule has 0 radical (unpaired) electrons. The van der Waals surface area contributed by atoms with Crippen molar-refractivity contribution >= 4 is 17.6 Å². The first-order valence-corrected chi connectivity index (χ1v) is 5.91. The third kappa shape index (κ3) is 2.23. The van der Waals surface area contributed by atoms with Crippen molar-refractivity contribution in [1.82, 2.24) is 0 Å². The minimum Gasteiger partial charge on any atom is -0.493 e. The predicted molar refractivity (Wildman–Crippen MR) is 66.4 cm³/mol. The van der Waals surface area contributed by atoms with Crippen molar-refractivity contribution in [2.24, 2.45) is 5.73 Å². The molecule has 0 saturated heterocycles. The number of carboxylic acid groups (broad SMARTS) is 1. The van der Waals surface area contributed by atoms with Crippen LogP contribution in [-0.4, -0.2) is 24.8 Å². The molecule has 1 aliphatic heterocycles. The molecule has 1 aliphatic rings. The number of hydrogen-bond donors (Lipinski definition) is 2. The average molecular weight is 272 g/mol. The monoisotopic (exact) mass is 271 g/mol. The van der Waals surface area contributed by atoms with Gasteiger partial charge in [0.05, 0.1) is 25.2 Å². The molecule has 1 heterocycles. The Hall–Kier alpha value is -1.46. The second-order valence-corrected chi connectivity index (χ2v) is 4.47. The molecule has 1 aromatic rings. The lowest BCUT2D eigenvalue weighted by Crippen LogP contribution is -2.16. The van der Waals surface area contributed by atoms with E-state index in [9.17, 15) is 4.79 Å². The Balaban J connectivity index is 2.45. The molecule has 1 unspecified atom stereocenters. The highest BCUT2D eigenvalue weighted by molar-refractivity contribution is 6.32. The Kier molecular flexibility index (Phi) is 3.63. The summed E-state index contributed by atoms with van der Waals surface area (Å²) < 4.78 is 10.7. The van der Waals surface area contributed by atoms with E-state index in [4.69, 9.17) is 31.9 Å². The van der Waals surface area contributed by atoms with Gasteiger partial charge >= 0.3 is 5.97 Å². The maximum Gasteiger partial charge on any atom is 0.305 e. The zero-order valence-electron chi connectivity index (χ0n) is 9.90. The van der Waals surface area contributed by atoms with Crippen molar-refractivity contribution in [3.8, 4) is 11.5 Å². The Labute approximate surface area is 109 Å². The Bertz CT molecular complexity index is 489. The zero-order valence-corrected chi connectivity index (χ0v) is 10.7. The van der Waals surface area contributed by atoms with Gasteiger partial charge in [0.25, 0.3) is 0 Å². The number of hydrogen-bond acceptors (Lipinski definition) is 4. The van der Waals surface area contributed by atoms with Gasteiger partial charge in [-0.3, -0.25) is 4.79 Å². The SMILES string of the molecule is COc1cc(C(N)CC(=O)O)c(Cl)c2c1OCC2. The molecule has 1 aromatic carbocycles. The van der Waals surface area contributed by atoms with Crippen molar-refractivity contribution in [3.05, 3.63) is 22.2 Å². The number of rotatable bonds is 4. The van der Waals surface area contributed by atoms with Gasteiger partial charge in [0.15, 0.2) is 11.5 Å². The molecule has 18 heavy (non-hydrogen) atoms. The summed E-state index contributed by atoms with van der Waals surface area (Å²) in [5.74, 6) is 0.214. The lowest BCUT2D eigenvalue weighted by atomic mass is 10.00. The van der Waals surface area contributed by atoms with Crippen molar-refractivity contribution in [2.45, 2.75) is 18.9 Å². The van der Waals surface area contributed by atoms with Crippen molar-refractivity contribution in [1.29, 1.82) is 0 Å². The van der Waals surface area contributed by atoms with Gasteiger partial charge in [0.1, 0.15) is 0 Å². The number of nitrogens with two attached hydrogens (primary N) is 1. The van der Waals surface area contributed by atoms with Crippen molar-refractivity contribution < 1.29 is 19.4 Å². The van der Waals surface area contributed by atoms with E-state index in [1.165, 1.54) is 7.11 Å². The fraction of sp³-hybridized carbons (Fsp3) is 0.417. The van der Waals surface area contributed by atoms with Crippen LogP contribution in [-0.2, 0) is 11.2 Å². The van der Waals surface area contributed by atoms with Gasteiger partial charge in [-0.1, -0.05) is 11.6 Å². The molecule has 3 N–H and O–H groups in total. The van der Waals surface area contributed by atoms with Gasteiger partial charge in [-0.25, -0.2) is 0 Å². The summed E-state index contributed by atoms with van der Waals surface area (Å²) in [6.07, 6.45) is 0.501. The number of halogens is 1. The standard InChI is InChI=1S/C12H14ClNO4/c1-17-9-4-7(8(14)5-10(15)16)11(13)6-2-3-18-12(6)9/h4,8H,2-3,5,14H2,1H3,(H,15,16). The molecule has 6 heteroatoms. The van der Waals surface area contributed by atoms with Gasteiger partial charge in [0.2, 0.25) is 0 Å². The van der Waals surface area contributed by atoms with Crippen LogP contribution in [0, 0.1) is 0 Å². The summed E-state index contributed by atoms with van der Waals surface area (Å²) in [7, 11) is 1.53. The number of carboxylic acids is 1. The third-order valence-electron chi connectivity index (χ3n) is 2.92. The van der Waals surface area contributed by atoms with Gasteiger partial charge < -0.3 is 20.3 Å². The first-order valence-electron chi connectivity index (χ1n) is 5.54. The maximum absolute atomic E-state index is 10.7. The lowest BCUT2D eigenvalue weighted by molar-refractivity contribution is -0.137. The highest BCUT2D eigenvalue weighted by Crippen LogP contribution is 2.43. The quantitative estimate of drug-likeness (QED) is 0.872. The molecule has 0 aliphatic carbocycles. The fourth-order valence-corrected chi connectivity index (χ4v) is 2.42. The summed E-state index contributed by atoms with van der Waals surface area (Å²) in [6, 6.07) is 0.995. The van der Waals surface area contributed by atoms with Crippen molar-refractivity contribution in [2.75, 3.05) is 13.7 Å². The van der Waals surface area contributed by atoms with Crippen LogP contribution in [0.4, 0.5) is 0 Å². The topological polar surface area (TPSA) is 81.8 Å². The zero-order chi connectivity index (χ0) is 13.3. The molecular formula is C12H14ClNO4. The summed E-state index contributed by atoms with van der Waals surface area (Å²) >= 11 is 6.25. The van der Waals surface area contributed by atoms with Crippen LogP contribution < -0.4 is 15.2 Å². The number of fused-ring (bicyclic) bond motifs is 1. The molecule has 0 bridgehead atoms. The number of aliphatic carboxylic acids is 1. The molecule has 1 atom stereocenters. The number of benzene rings is 1. The number of methoxy groups -OCH3 is 1. The maximum atomic E-state index is 10.7. The first kappa shape index (κ1) is 13.0. The summed E-state index contributed by atoms with van der Waals surface area (Å²) in [5, 5.41) is 9.26. The molecule has 5 nitrogen and oxygen atoms in total. The van der Waals surface area contributed by atoms with Crippen LogP contribution in [0.2, 0.25) is 5.02 Å². The van der Waals surface area contributed by atoms with Crippen LogP contribution in [0.1, 0.15) is 23.6 Å². The van der Waals surface area contributed by atoms with Crippen molar-refractivity contribution in [3.63, 3.8) is 0 Å². The summed E-state index contributed by atoms with van der Waals surface area (Å²) in [5.41, 5.74) is 7.28. The molecule has 0 saturated carbocycles. The summed E-state index contributed by atoms with van der Waals surface area (Å²) in [6.45, 7) is 0.545. The minimum absolute atomic E-state index is 0.178. The Morgan fingerprint density at radius 3 is 3.06 bits per heavy atom. The van der Waals surface area contributed by atoms with Crippen LogP contribution in [0.5, 0.6) is 11.5 Å². The molecular weight excluding hydrogens is 258 g/mol. The van der Waals surface area contributed by atoms with E-state index in [-0.39, 0.29) is 6.42 Å². The van der Waals surface area contributed by atoms with Crippen LogP contribution >= 0.6 is 11.6 Å². The van der Waals surface area contributed by atoms with Crippen LogP contribution in [0.3, 0.4) is 0 Å². The molecule has 0 spiro atoms. The second kappa shape index (κ2) is 5.04. The van der Waals surface area contributed by atoms with Crippen LogP contribution in [0.25, 0.3) is 0 Å².